The minimum absolute atomic E-state index is 0.311. The Morgan fingerprint density at radius 3 is 2.41 bits per heavy atom. The van der Waals surface area contributed by atoms with Crippen LogP contribution in [0.25, 0.3) is 10.8 Å². The van der Waals surface area contributed by atoms with Gasteiger partial charge in [-0.05, 0) is 36.8 Å². The fraction of sp³-hybridized carbons (Fsp3) is 0.267. The van der Waals surface area contributed by atoms with Crippen molar-refractivity contribution in [1.82, 2.24) is 0 Å². The predicted molar refractivity (Wildman–Crippen MR) is 70.4 cm³/mol. The molecule has 0 radical (unpaired) electrons. The lowest BCUT2D eigenvalue weighted by atomic mass is 9.86. The molecule has 2 aromatic carbocycles. The average molecular weight is 225 g/mol. The topological polar surface area (TPSA) is 20.3 Å². The van der Waals surface area contributed by atoms with Gasteiger partial charge in [-0.15, -0.1) is 0 Å². The first-order valence-corrected chi connectivity index (χ1v) is 5.89. The molecular weight excluding hydrogens is 210 g/mol. The van der Waals surface area contributed by atoms with Gasteiger partial charge in [-0.3, -0.25) is 4.79 Å². The quantitative estimate of drug-likeness (QED) is 0.743. The van der Waals surface area contributed by atoms with Crippen LogP contribution in [0.2, 0.25) is 0 Å². The number of fused-ring (bicyclic) bond motifs is 1. The van der Waals surface area contributed by atoms with Gasteiger partial charge in [0.05, 0.1) is 12.1 Å². The third-order valence-electron chi connectivity index (χ3n) is 3.70. The van der Waals surface area contributed by atoms with Crippen molar-refractivity contribution in [2.24, 2.45) is 0 Å². The summed E-state index contributed by atoms with van der Waals surface area (Å²) in [5.74, 6) is 0.311. The minimum Gasteiger partial charge on any atom is -0.352 e. The molecule has 0 aliphatic carbocycles. The van der Waals surface area contributed by atoms with Crippen LogP contribution in [0.4, 0.5) is 5.69 Å². The predicted octanol–water partition coefficient (Wildman–Crippen LogP) is 3.01. The summed E-state index contributed by atoms with van der Waals surface area (Å²) >= 11 is 0. The molecular formula is C15H15NO. The molecule has 0 aromatic heterocycles. The molecule has 0 unspecified atom stereocenters. The zero-order chi connectivity index (χ0) is 12.0. The third kappa shape index (κ3) is 1.44. The molecule has 0 atom stereocenters. The molecule has 0 amide bonds. The summed E-state index contributed by atoms with van der Waals surface area (Å²) in [7, 11) is 0. The van der Waals surface area contributed by atoms with E-state index in [0.29, 0.717) is 12.3 Å². The van der Waals surface area contributed by atoms with Crippen molar-refractivity contribution >= 4 is 22.2 Å². The number of ketones is 1. The fourth-order valence-corrected chi connectivity index (χ4v) is 2.35. The van der Waals surface area contributed by atoms with E-state index in [4.69, 9.17) is 0 Å². The number of benzene rings is 2. The maximum Gasteiger partial charge on any atom is 0.176 e. The van der Waals surface area contributed by atoms with Gasteiger partial charge in [-0.1, -0.05) is 30.3 Å². The highest BCUT2D eigenvalue weighted by molar-refractivity contribution is 6.03. The van der Waals surface area contributed by atoms with E-state index in [1.54, 1.807) is 0 Å². The number of rotatable bonds is 1. The number of carbonyl (C=O) groups is 1. The molecule has 0 saturated carbocycles. The second kappa shape index (κ2) is 3.33. The zero-order valence-electron chi connectivity index (χ0n) is 10.1. The van der Waals surface area contributed by atoms with E-state index in [-0.39, 0.29) is 5.54 Å². The van der Waals surface area contributed by atoms with Gasteiger partial charge in [0, 0.05) is 5.69 Å². The van der Waals surface area contributed by atoms with Crippen molar-refractivity contribution in [3.05, 3.63) is 42.5 Å². The van der Waals surface area contributed by atoms with Crippen LogP contribution in [0, 0.1) is 0 Å². The van der Waals surface area contributed by atoms with Gasteiger partial charge in [-0.2, -0.15) is 0 Å². The van der Waals surface area contributed by atoms with Crippen LogP contribution in [0.5, 0.6) is 0 Å². The van der Waals surface area contributed by atoms with Crippen LogP contribution in [0.15, 0.2) is 42.5 Å². The zero-order valence-corrected chi connectivity index (χ0v) is 10.1. The lowest BCUT2D eigenvalue weighted by Crippen LogP contribution is -2.65. The SMILES string of the molecule is CC1(C)C(=O)CN1c1ccc2ccccc2c1. The van der Waals surface area contributed by atoms with E-state index < -0.39 is 0 Å². The number of Topliss-reactive ketones (excluding diaryl/α,β-unsaturated/α-hetero) is 1. The van der Waals surface area contributed by atoms with Crippen LogP contribution < -0.4 is 4.90 Å². The Bertz CT molecular complexity index is 601. The van der Waals surface area contributed by atoms with Gasteiger partial charge in [0.2, 0.25) is 0 Å². The van der Waals surface area contributed by atoms with Gasteiger partial charge in [0.1, 0.15) is 0 Å². The molecule has 1 heterocycles. The summed E-state index contributed by atoms with van der Waals surface area (Å²) < 4.78 is 0. The Morgan fingerprint density at radius 1 is 1.06 bits per heavy atom. The highest BCUT2D eigenvalue weighted by Crippen LogP contribution is 2.33. The second-order valence-electron chi connectivity index (χ2n) is 5.10. The molecule has 3 rings (SSSR count). The number of hydrogen-bond acceptors (Lipinski definition) is 2. The van der Waals surface area contributed by atoms with Crippen LogP contribution in [0.1, 0.15) is 13.8 Å². The number of nitrogens with zero attached hydrogens (tertiary/aromatic N) is 1. The van der Waals surface area contributed by atoms with E-state index in [1.807, 2.05) is 26.0 Å². The summed E-state index contributed by atoms with van der Waals surface area (Å²) in [5, 5.41) is 2.46. The van der Waals surface area contributed by atoms with Crippen molar-refractivity contribution in [2.75, 3.05) is 11.4 Å². The van der Waals surface area contributed by atoms with Crippen molar-refractivity contribution in [2.45, 2.75) is 19.4 Å². The molecule has 17 heavy (non-hydrogen) atoms. The Hall–Kier alpha value is -1.83. The Morgan fingerprint density at radius 2 is 1.76 bits per heavy atom. The largest absolute Gasteiger partial charge is 0.352 e. The Balaban J connectivity index is 2.05. The second-order valence-corrected chi connectivity index (χ2v) is 5.10. The average Bonchev–Trinajstić information content (AvgIpc) is 2.35. The molecule has 0 spiro atoms. The first-order valence-electron chi connectivity index (χ1n) is 5.89. The summed E-state index contributed by atoms with van der Waals surface area (Å²) in [4.78, 5) is 13.7. The van der Waals surface area contributed by atoms with Gasteiger partial charge < -0.3 is 4.90 Å². The Labute approximate surface area is 101 Å². The minimum atomic E-state index is -0.345. The maximum atomic E-state index is 11.6. The monoisotopic (exact) mass is 225 g/mol. The van der Waals surface area contributed by atoms with Crippen LogP contribution in [-0.2, 0) is 4.79 Å². The number of carbonyl (C=O) groups excluding carboxylic acids is 1. The highest BCUT2D eigenvalue weighted by atomic mass is 16.1. The van der Waals surface area contributed by atoms with Crippen molar-refractivity contribution in [3.8, 4) is 0 Å². The molecule has 2 aromatic rings. The first kappa shape index (κ1) is 10.3. The lowest BCUT2D eigenvalue weighted by Gasteiger charge is -2.48. The Kier molecular flexibility index (Phi) is 2.02. The third-order valence-corrected chi connectivity index (χ3v) is 3.70. The van der Waals surface area contributed by atoms with Crippen molar-refractivity contribution < 1.29 is 4.79 Å². The van der Waals surface area contributed by atoms with Gasteiger partial charge in [-0.25, -0.2) is 0 Å². The molecule has 1 saturated heterocycles. The van der Waals surface area contributed by atoms with Gasteiger partial charge in [0.25, 0.3) is 0 Å². The van der Waals surface area contributed by atoms with Crippen LogP contribution >= 0.6 is 0 Å². The normalized spacial score (nSPS) is 18.2. The maximum absolute atomic E-state index is 11.6. The van der Waals surface area contributed by atoms with E-state index in [2.05, 4.69) is 35.2 Å². The molecule has 1 fully saturated rings. The smallest absolute Gasteiger partial charge is 0.176 e. The van der Waals surface area contributed by atoms with Gasteiger partial charge >= 0.3 is 0 Å². The molecule has 2 heteroatoms. The lowest BCUT2D eigenvalue weighted by molar-refractivity contribution is -0.127. The fourth-order valence-electron chi connectivity index (χ4n) is 2.35. The first-order chi connectivity index (χ1) is 8.09. The van der Waals surface area contributed by atoms with Crippen LogP contribution in [0.3, 0.4) is 0 Å². The van der Waals surface area contributed by atoms with Crippen LogP contribution in [-0.4, -0.2) is 17.9 Å². The summed E-state index contributed by atoms with van der Waals surface area (Å²) in [6.07, 6.45) is 0. The van der Waals surface area contributed by atoms with E-state index in [0.717, 1.165) is 5.69 Å². The molecule has 0 bridgehead atoms. The highest BCUT2D eigenvalue weighted by Gasteiger charge is 2.45. The molecule has 86 valence electrons. The summed E-state index contributed by atoms with van der Waals surface area (Å²) in [6.45, 7) is 4.49. The molecule has 1 aliphatic rings. The molecule has 0 N–H and O–H groups in total. The summed E-state index contributed by atoms with van der Waals surface area (Å²) in [5.41, 5.74) is 0.788. The molecule has 2 nitrogen and oxygen atoms in total. The standard InChI is InChI=1S/C15H15NO/c1-15(2)14(17)10-16(15)13-8-7-11-5-3-4-6-12(11)9-13/h3-9H,10H2,1-2H3. The van der Waals surface area contributed by atoms with E-state index in [1.165, 1.54) is 10.8 Å². The van der Waals surface area contributed by atoms with Crippen molar-refractivity contribution in [1.29, 1.82) is 0 Å². The summed E-state index contributed by atoms with van der Waals surface area (Å²) in [6, 6.07) is 14.7. The molecule has 1 aliphatic heterocycles. The van der Waals surface area contributed by atoms with E-state index in [9.17, 15) is 4.79 Å². The number of hydrogen-bond donors (Lipinski definition) is 0. The van der Waals surface area contributed by atoms with E-state index >= 15 is 0 Å². The van der Waals surface area contributed by atoms with Gasteiger partial charge in [0.15, 0.2) is 5.78 Å². The number of anilines is 1. The van der Waals surface area contributed by atoms with Crippen molar-refractivity contribution in [3.63, 3.8) is 0 Å².